The largest absolute Gasteiger partial charge is 0.468 e. The Labute approximate surface area is 147 Å². The van der Waals surface area contributed by atoms with E-state index >= 15 is 0 Å². The van der Waals surface area contributed by atoms with E-state index in [1.54, 1.807) is 17.6 Å². The molecule has 0 aromatic carbocycles. The summed E-state index contributed by atoms with van der Waals surface area (Å²) in [6.07, 6.45) is 4.54. The Balaban J connectivity index is 1.44. The summed E-state index contributed by atoms with van der Waals surface area (Å²) in [6, 6.07) is 3.90. The standard InChI is InChI=1S/C18H25N3O2S/c1-13-14(2)24-17(20-13)7-8-19-18(22)15-5-3-9-21(11-15)12-16-6-4-10-23-16/h4,6,10,15H,3,5,7-9,11-12H2,1-2H3,(H,19,22)/t15-/m0/s1. The lowest BCUT2D eigenvalue weighted by molar-refractivity contribution is -0.126. The van der Waals surface area contributed by atoms with Crippen LogP contribution in [-0.4, -0.2) is 35.4 Å². The Kier molecular flexibility index (Phi) is 5.68. The zero-order valence-corrected chi connectivity index (χ0v) is 15.2. The summed E-state index contributed by atoms with van der Waals surface area (Å²) in [7, 11) is 0. The van der Waals surface area contributed by atoms with Gasteiger partial charge >= 0.3 is 0 Å². The van der Waals surface area contributed by atoms with Gasteiger partial charge in [-0.2, -0.15) is 0 Å². The van der Waals surface area contributed by atoms with Crippen molar-refractivity contribution in [2.75, 3.05) is 19.6 Å². The van der Waals surface area contributed by atoms with E-state index < -0.39 is 0 Å². The first-order valence-corrected chi connectivity index (χ1v) is 9.39. The first-order chi connectivity index (χ1) is 11.6. The van der Waals surface area contributed by atoms with Gasteiger partial charge in [-0.25, -0.2) is 4.98 Å². The molecule has 5 nitrogen and oxygen atoms in total. The summed E-state index contributed by atoms with van der Waals surface area (Å²) in [5.41, 5.74) is 1.10. The van der Waals surface area contributed by atoms with E-state index in [0.717, 1.165) is 55.4 Å². The average molecular weight is 347 g/mol. The maximum Gasteiger partial charge on any atom is 0.224 e. The van der Waals surface area contributed by atoms with Crippen molar-refractivity contribution < 1.29 is 9.21 Å². The Morgan fingerprint density at radius 2 is 2.38 bits per heavy atom. The van der Waals surface area contributed by atoms with E-state index in [4.69, 9.17) is 4.42 Å². The molecule has 0 bridgehead atoms. The zero-order chi connectivity index (χ0) is 16.9. The first-order valence-electron chi connectivity index (χ1n) is 8.57. The number of carbonyl (C=O) groups excluding carboxylic acids is 1. The summed E-state index contributed by atoms with van der Waals surface area (Å²) in [5, 5.41) is 4.19. The predicted octanol–water partition coefficient (Wildman–Crippen LogP) is 2.92. The van der Waals surface area contributed by atoms with Crippen molar-refractivity contribution in [2.24, 2.45) is 5.92 Å². The van der Waals surface area contributed by atoms with E-state index in [1.165, 1.54) is 4.88 Å². The molecule has 24 heavy (non-hydrogen) atoms. The predicted molar refractivity (Wildman–Crippen MR) is 95.0 cm³/mol. The molecule has 1 amide bonds. The molecular weight excluding hydrogens is 322 g/mol. The van der Waals surface area contributed by atoms with Crippen molar-refractivity contribution >= 4 is 17.2 Å². The van der Waals surface area contributed by atoms with Gasteiger partial charge in [-0.05, 0) is 45.4 Å². The second kappa shape index (κ2) is 7.94. The van der Waals surface area contributed by atoms with E-state index in [-0.39, 0.29) is 11.8 Å². The number of aryl methyl sites for hydroxylation is 2. The number of nitrogens with zero attached hydrogens (tertiary/aromatic N) is 2. The molecule has 0 unspecified atom stereocenters. The minimum atomic E-state index is 0.0773. The molecule has 0 aliphatic carbocycles. The topological polar surface area (TPSA) is 58.4 Å². The van der Waals surface area contributed by atoms with Crippen molar-refractivity contribution in [3.05, 3.63) is 39.7 Å². The SMILES string of the molecule is Cc1nc(CCNC(=O)[C@H]2CCCN(Cc3ccco3)C2)sc1C. The van der Waals surface area contributed by atoms with Crippen LogP contribution in [0.2, 0.25) is 0 Å². The summed E-state index contributed by atoms with van der Waals surface area (Å²) < 4.78 is 5.41. The number of rotatable bonds is 6. The quantitative estimate of drug-likeness (QED) is 0.873. The Morgan fingerprint density at radius 1 is 1.50 bits per heavy atom. The Morgan fingerprint density at radius 3 is 3.08 bits per heavy atom. The number of nitrogens with one attached hydrogen (secondary N) is 1. The fourth-order valence-corrected chi connectivity index (χ4v) is 4.05. The molecule has 1 atom stereocenters. The molecule has 2 aromatic rings. The monoisotopic (exact) mass is 347 g/mol. The van der Waals surface area contributed by atoms with Gasteiger partial charge in [0.05, 0.1) is 29.4 Å². The molecule has 0 saturated carbocycles. The number of piperidine rings is 1. The van der Waals surface area contributed by atoms with Crippen LogP contribution in [0.4, 0.5) is 0 Å². The van der Waals surface area contributed by atoms with Crippen LogP contribution in [-0.2, 0) is 17.8 Å². The van der Waals surface area contributed by atoms with Gasteiger partial charge in [0, 0.05) is 24.4 Å². The smallest absolute Gasteiger partial charge is 0.224 e. The summed E-state index contributed by atoms with van der Waals surface area (Å²) in [4.78, 5) is 20.5. The number of furan rings is 1. The van der Waals surface area contributed by atoms with Crippen LogP contribution < -0.4 is 5.32 Å². The molecule has 6 heteroatoms. The van der Waals surface area contributed by atoms with Crippen molar-refractivity contribution in [3.63, 3.8) is 0 Å². The molecule has 2 aromatic heterocycles. The van der Waals surface area contributed by atoms with Crippen LogP contribution >= 0.6 is 11.3 Å². The highest BCUT2D eigenvalue weighted by Crippen LogP contribution is 2.19. The van der Waals surface area contributed by atoms with E-state index in [2.05, 4.69) is 22.1 Å². The minimum Gasteiger partial charge on any atom is -0.468 e. The molecule has 0 spiro atoms. The zero-order valence-electron chi connectivity index (χ0n) is 14.4. The molecule has 3 rings (SSSR count). The van der Waals surface area contributed by atoms with Gasteiger partial charge in [0.15, 0.2) is 0 Å². The van der Waals surface area contributed by atoms with Gasteiger partial charge in [0.25, 0.3) is 0 Å². The first kappa shape index (κ1) is 17.2. The second-order valence-electron chi connectivity index (χ2n) is 6.44. The second-order valence-corrected chi connectivity index (χ2v) is 7.73. The number of thiazole rings is 1. The van der Waals surface area contributed by atoms with Gasteiger partial charge in [-0.3, -0.25) is 9.69 Å². The van der Waals surface area contributed by atoms with Crippen LogP contribution in [0.15, 0.2) is 22.8 Å². The number of aromatic nitrogens is 1. The van der Waals surface area contributed by atoms with Crippen molar-refractivity contribution in [2.45, 2.75) is 39.7 Å². The third kappa shape index (κ3) is 4.45. The fraction of sp³-hybridized carbons (Fsp3) is 0.556. The van der Waals surface area contributed by atoms with Crippen LogP contribution in [0.1, 0.15) is 34.2 Å². The molecule has 0 radical (unpaired) electrons. The number of carbonyl (C=O) groups is 1. The third-order valence-corrected chi connectivity index (χ3v) is 5.68. The molecule has 1 aliphatic heterocycles. The highest BCUT2D eigenvalue weighted by Gasteiger charge is 2.26. The number of amides is 1. The van der Waals surface area contributed by atoms with Crippen LogP contribution in [0, 0.1) is 19.8 Å². The van der Waals surface area contributed by atoms with Crippen LogP contribution in [0.25, 0.3) is 0 Å². The van der Waals surface area contributed by atoms with E-state index in [9.17, 15) is 4.79 Å². The molecule has 1 fully saturated rings. The average Bonchev–Trinajstić information content (AvgIpc) is 3.18. The summed E-state index contributed by atoms with van der Waals surface area (Å²) in [6.45, 7) is 7.41. The normalized spacial score (nSPS) is 18.7. The minimum absolute atomic E-state index is 0.0773. The molecule has 130 valence electrons. The number of likely N-dealkylation sites (tertiary alicyclic amines) is 1. The van der Waals surface area contributed by atoms with Gasteiger partial charge in [0.2, 0.25) is 5.91 Å². The highest BCUT2D eigenvalue weighted by molar-refractivity contribution is 7.11. The number of hydrogen-bond acceptors (Lipinski definition) is 5. The van der Waals surface area contributed by atoms with Gasteiger partial charge in [0.1, 0.15) is 5.76 Å². The summed E-state index contributed by atoms with van der Waals surface area (Å²) in [5.74, 6) is 1.21. The lowest BCUT2D eigenvalue weighted by atomic mass is 9.97. The molecule has 1 saturated heterocycles. The molecule has 3 heterocycles. The molecular formula is C18H25N3O2S. The van der Waals surface area contributed by atoms with Gasteiger partial charge in [-0.15, -0.1) is 11.3 Å². The van der Waals surface area contributed by atoms with Crippen molar-refractivity contribution in [3.8, 4) is 0 Å². The maximum atomic E-state index is 12.4. The van der Waals surface area contributed by atoms with E-state index in [0.29, 0.717) is 6.54 Å². The Bertz CT molecular complexity index is 646. The third-order valence-electron chi connectivity index (χ3n) is 4.55. The van der Waals surface area contributed by atoms with Crippen LogP contribution in [0.5, 0.6) is 0 Å². The van der Waals surface area contributed by atoms with E-state index in [1.807, 2.05) is 19.1 Å². The van der Waals surface area contributed by atoms with Crippen molar-refractivity contribution in [1.29, 1.82) is 0 Å². The lowest BCUT2D eigenvalue weighted by Crippen LogP contribution is -2.43. The maximum absolute atomic E-state index is 12.4. The van der Waals surface area contributed by atoms with Crippen molar-refractivity contribution in [1.82, 2.24) is 15.2 Å². The highest BCUT2D eigenvalue weighted by atomic mass is 32.1. The summed E-state index contributed by atoms with van der Waals surface area (Å²) >= 11 is 1.72. The lowest BCUT2D eigenvalue weighted by Gasteiger charge is -2.31. The number of hydrogen-bond donors (Lipinski definition) is 1. The fourth-order valence-electron chi connectivity index (χ4n) is 3.12. The van der Waals surface area contributed by atoms with Crippen LogP contribution in [0.3, 0.4) is 0 Å². The van der Waals surface area contributed by atoms with Gasteiger partial charge < -0.3 is 9.73 Å². The Hall–Kier alpha value is -1.66. The molecule has 1 N–H and O–H groups in total. The molecule has 1 aliphatic rings. The van der Waals surface area contributed by atoms with Gasteiger partial charge in [-0.1, -0.05) is 0 Å².